The SMILES string of the molecule is O=C(N[C@H]1CC[C@H](Oc2cc(-n3c(C(F)F)nc4ccccc43)nc(N3CCOCC3)n2)C1)c1ccccn1. The van der Waals surface area contributed by atoms with E-state index in [-0.39, 0.29) is 29.8 Å². The number of anilines is 1. The number of hydrogen-bond donors (Lipinski definition) is 1. The minimum atomic E-state index is -2.80. The minimum absolute atomic E-state index is 0.0763. The number of halogens is 2. The number of fused-ring (bicyclic) bond motifs is 1. The molecular formula is C27H27F2N7O3. The van der Waals surface area contributed by atoms with Gasteiger partial charge in [0.25, 0.3) is 12.3 Å². The van der Waals surface area contributed by atoms with Crippen LogP contribution < -0.4 is 15.0 Å². The molecule has 2 fully saturated rings. The number of carbonyl (C=O) groups is 1. The molecule has 0 unspecified atom stereocenters. The van der Waals surface area contributed by atoms with E-state index in [0.717, 1.165) is 6.42 Å². The summed E-state index contributed by atoms with van der Waals surface area (Å²) in [5.74, 6) is 0.283. The standard InChI is InChI=1S/C27H27F2N7O3/c28-24(29)25-32-19-5-1-2-7-21(19)36(25)22-16-23(34-27(33-22)35-11-13-38-14-12-35)39-18-9-8-17(15-18)31-26(37)20-6-3-4-10-30-20/h1-7,10,16-18,24H,8-9,11-15H2,(H,31,37)/t17-,18-/m0/s1. The number of rotatable bonds is 7. The van der Waals surface area contributed by atoms with Crippen molar-refractivity contribution in [1.82, 2.24) is 29.8 Å². The summed E-state index contributed by atoms with van der Waals surface area (Å²) in [7, 11) is 0. The van der Waals surface area contributed by atoms with E-state index in [0.29, 0.717) is 61.8 Å². The van der Waals surface area contributed by atoms with Crippen LogP contribution in [0.25, 0.3) is 16.9 Å². The first kappa shape index (κ1) is 25.1. The van der Waals surface area contributed by atoms with Crippen LogP contribution in [-0.4, -0.2) is 68.9 Å². The minimum Gasteiger partial charge on any atom is -0.474 e. The Morgan fingerprint density at radius 2 is 1.87 bits per heavy atom. The molecule has 10 nitrogen and oxygen atoms in total. The molecule has 12 heteroatoms. The fraction of sp³-hybridized carbons (Fsp3) is 0.370. The van der Waals surface area contributed by atoms with E-state index < -0.39 is 12.2 Å². The van der Waals surface area contributed by atoms with Gasteiger partial charge in [0.1, 0.15) is 17.6 Å². The van der Waals surface area contributed by atoms with Crippen molar-refractivity contribution >= 4 is 22.9 Å². The first-order chi connectivity index (χ1) is 19.0. The van der Waals surface area contributed by atoms with E-state index in [9.17, 15) is 13.6 Å². The molecule has 4 aromatic rings. The van der Waals surface area contributed by atoms with E-state index in [1.165, 1.54) is 4.57 Å². The second-order valence-electron chi connectivity index (χ2n) is 9.50. The van der Waals surface area contributed by atoms with Crippen molar-refractivity contribution in [3.63, 3.8) is 0 Å². The number of nitrogens with one attached hydrogen (secondary N) is 1. The summed E-state index contributed by atoms with van der Waals surface area (Å²) in [6, 6.07) is 13.6. The Bertz CT molecular complexity index is 1460. The Morgan fingerprint density at radius 3 is 2.67 bits per heavy atom. The number of amides is 1. The van der Waals surface area contributed by atoms with E-state index in [2.05, 4.69) is 25.3 Å². The lowest BCUT2D eigenvalue weighted by molar-refractivity contribution is 0.0929. The molecule has 4 heterocycles. The van der Waals surface area contributed by atoms with Gasteiger partial charge < -0.3 is 19.7 Å². The molecule has 1 saturated carbocycles. The molecule has 0 bridgehead atoms. The topological polar surface area (TPSA) is 107 Å². The zero-order valence-electron chi connectivity index (χ0n) is 21.0. The molecule has 1 amide bonds. The van der Waals surface area contributed by atoms with Gasteiger partial charge >= 0.3 is 0 Å². The van der Waals surface area contributed by atoms with Gasteiger partial charge in [-0.05, 0) is 37.1 Å². The molecule has 2 atom stereocenters. The Morgan fingerprint density at radius 1 is 1.05 bits per heavy atom. The molecule has 39 heavy (non-hydrogen) atoms. The van der Waals surface area contributed by atoms with Gasteiger partial charge in [-0.3, -0.25) is 14.3 Å². The number of carbonyl (C=O) groups excluding carboxylic acids is 1. The molecule has 1 saturated heterocycles. The van der Waals surface area contributed by atoms with Crippen LogP contribution >= 0.6 is 0 Å². The van der Waals surface area contributed by atoms with Crippen molar-refractivity contribution in [2.45, 2.75) is 37.8 Å². The first-order valence-corrected chi connectivity index (χ1v) is 12.9. The zero-order chi connectivity index (χ0) is 26.8. The van der Waals surface area contributed by atoms with Crippen LogP contribution in [-0.2, 0) is 4.74 Å². The molecule has 1 aliphatic carbocycles. The van der Waals surface area contributed by atoms with Gasteiger partial charge in [0, 0.05) is 37.8 Å². The van der Waals surface area contributed by atoms with Gasteiger partial charge in [0.05, 0.1) is 24.2 Å². The van der Waals surface area contributed by atoms with E-state index in [4.69, 9.17) is 9.47 Å². The summed E-state index contributed by atoms with van der Waals surface area (Å²) in [4.78, 5) is 32.0. The maximum Gasteiger partial charge on any atom is 0.296 e. The normalized spacial score (nSPS) is 19.5. The van der Waals surface area contributed by atoms with E-state index >= 15 is 0 Å². The summed E-state index contributed by atoms with van der Waals surface area (Å²) < 4.78 is 41.3. The molecule has 6 rings (SSSR count). The van der Waals surface area contributed by atoms with Gasteiger partial charge in [-0.15, -0.1) is 0 Å². The van der Waals surface area contributed by atoms with Gasteiger partial charge in [-0.2, -0.15) is 9.97 Å². The van der Waals surface area contributed by atoms with E-state index in [1.807, 2.05) is 4.90 Å². The molecule has 0 radical (unpaired) electrons. The van der Waals surface area contributed by atoms with E-state index in [1.54, 1.807) is 54.7 Å². The van der Waals surface area contributed by atoms with Gasteiger partial charge in [-0.25, -0.2) is 13.8 Å². The summed E-state index contributed by atoms with van der Waals surface area (Å²) >= 11 is 0. The van der Waals surface area contributed by atoms with Crippen LogP contribution in [0.15, 0.2) is 54.7 Å². The second-order valence-corrected chi connectivity index (χ2v) is 9.50. The number of hydrogen-bond acceptors (Lipinski definition) is 8. The number of aromatic nitrogens is 5. The number of morpholine rings is 1. The third kappa shape index (κ3) is 5.37. The van der Waals surface area contributed by atoms with Gasteiger partial charge in [0.2, 0.25) is 11.8 Å². The fourth-order valence-corrected chi connectivity index (χ4v) is 5.02. The number of benzene rings is 1. The Balaban J connectivity index is 1.28. The quantitative estimate of drug-likeness (QED) is 0.382. The summed E-state index contributed by atoms with van der Waals surface area (Å²) in [5.41, 5.74) is 1.33. The summed E-state index contributed by atoms with van der Waals surface area (Å²) in [5, 5.41) is 3.02. The number of imidazole rings is 1. The van der Waals surface area contributed by atoms with Crippen molar-refractivity contribution < 1.29 is 23.0 Å². The average Bonchev–Trinajstić information content (AvgIpc) is 3.58. The number of ether oxygens (including phenoxy) is 2. The highest BCUT2D eigenvalue weighted by Gasteiger charge is 2.29. The highest BCUT2D eigenvalue weighted by molar-refractivity contribution is 5.92. The second kappa shape index (κ2) is 10.9. The zero-order valence-corrected chi connectivity index (χ0v) is 21.0. The van der Waals surface area contributed by atoms with Gasteiger partial charge in [-0.1, -0.05) is 18.2 Å². The number of pyridine rings is 1. The first-order valence-electron chi connectivity index (χ1n) is 12.9. The molecule has 1 aliphatic heterocycles. The predicted molar refractivity (Wildman–Crippen MR) is 138 cm³/mol. The van der Waals surface area contributed by atoms with Crippen molar-refractivity contribution in [2.24, 2.45) is 0 Å². The van der Waals surface area contributed by atoms with Crippen LogP contribution in [0.2, 0.25) is 0 Å². The van der Waals surface area contributed by atoms with Crippen LogP contribution in [0.1, 0.15) is 42.0 Å². The van der Waals surface area contributed by atoms with Gasteiger partial charge in [0.15, 0.2) is 5.82 Å². The molecule has 202 valence electrons. The molecule has 1 N–H and O–H groups in total. The lowest BCUT2D eigenvalue weighted by Gasteiger charge is -2.27. The largest absolute Gasteiger partial charge is 0.474 e. The molecular weight excluding hydrogens is 508 g/mol. The van der Waals surface area contributed by atoms with Crippen LogP contribution in [0.4, 0.5) is 14.7 Å². The Kier molecular flexibility index (Phi) is 7.01. The molecule has 1 aromatic carbocycles. The van der Waals surface area contributed by atoms with Crippen LogP contribution in [0, 0.1) is 0 Å². The fourth-order valence-electron chi connectivity index (χ4n) is 5.02. The molecule has 2 aliphatic rings. The number of nitrogens with zero attached hydrogens (tertiary/aromatic N) is 6. The summed E-state index contributed by atoms with van der Waals surface area (Å²) in [6.45, 7) is 2.17. The highest BCUT2D eigenvalue weighted by Crippen LogP contribution is 2.31. The molecule has 3 aromatic heterocycles. The number of alkyl halides is 2. The van der Waals surface area contributed by atoms with Crippen molar-refractivity contribution in [1.29, 1.82) is 0 Å². The van der Waals surface area contributed by atoms with Crippen LogP contribution in [0.5, 0.6) is 5.88 Å². The lowest BCUT2D eigenvalue weighted by atomic mass is 10.2. The van der Waals surface area contributed by atoms with Crippen molar-refractivity contribution in [3.05, 3.63) is 66.2 Å². The third-order valence-corrected chi connectivity index (χ3v) is 6.89. The van der Waals surface area contributed by atoms with Crippen LogP contribution in [0.3, 0.4) is 0 Å². The monoisotopic (exact) mass is 535 g/mol. The smallest absolute Gasteiger partial charge is 0.296 e. The maximum absolute atomic E-state index is 14.1. The maximum atomic E-state index is 14.1. The summed E-state index contributed by atoms with van der Waals surface area (Å²) in [6.07, 6.45) is 0.586. The van der Waals surface area contributed by atoms with Crippen molar-refractivity contribution in [2.75, 3.05) is 31.2 Å². The predicted octanol–water partition coefficient (Wildman–Crippen LogP) is 3.71. The Labute approximate surface area is 223 Å². The average molecular weight is 536 g/mol. The number of para-hydroxylation sites is 2. The lowest BCUT2D eigenvalue weighted by Crippen LogP contribution is -2.37. The third-order valence-electron chi connectivity index (χ3n) is 6.89. The highest BCUT2D eigenvalue weighted by atomic mass is 19.3. The Hall–Kier alpha value is -4.19. The van der Waals surface area contributed by atoms with Crippen molar-refractivity contribution in [3.8, 4) is 11.7 Å². The molecule has 0 spiro atoms.